The molecule has 0 spiro atoms. The van der Waals surface area contributed by atoms with Crippen LogP contribution in [0.5, 0.6) is 0 Å². The Balaban J connectivity index is 2.88. The maximum absolute atomic E-state index is 11.6. The number of hydrogen-bond acceptors (Lipinski definition) is 3. The number of carbonyl (C=O) groups excluding carboxylic acids is 2. The fourth-order valence-corrected chi connectivity index (χ4v) is 1.59. The van der Waals surface area contributed by atoms with Crippen LogP contribution in [0.4, 0.5) is 0 Å². The first-order valence-corrected chi connectivity index (χ1v) is 4.66. The monoisotopic (exact) mass is 194 g/mol. The van der Waals surface area contributed by atoms with Crippen molar-refractivity contribution in [2.75, 3.05) is 6.61 Å². The van der Waals surface area contributed by atoms with Crippen molar-refractivity contribution in [1.29, 1.82) is 0 Å². The lowest BCUT2D eigenvalue weighted by molar-refractivity contribution is -0.157. The lowest BCUT2D eigenvalue weighted by atomic mass is 9.81. The molecule has 0 N–H and O–H groups in total. The van der Waals surface area contributed by atoms with Crippen LogP contribution in [-0.4, -0.2) is 18.4 Å². The van der Waals surface area contributed by atoms with Gasteiger partial charge in [-0.25, -0.2) is 0 Å². The van der Waals surface area contributed by atoms with E-state index in [9.17, 15) is 9.59 Å². The third kappa shape index (κ3) is 1.62. The van der Waals surface area contributed by atoms with Gasteiger partial charge in [0.1, 0.15) is 5.41 Å². The zero-order valence-corrected chi connectivity index (χ0v) is 8.29. The van der Waals surface area contributed by atoms with E-state index in [0.717, 1.165) is 0 Å². The molecule has 0 heterocycles. The standard InChI is InChI=1S/C11H14O3/c1-3-7-11(10(13)14-4-2)8-5-6-9(11)12/h3,5-6H,1,4,7-8H2,2H3. The molecule has 1 atom stereocenters. The van der Waals surface area contributed by atoms with Crippen LogP contribution in [0.3, 0.4) is 0 Å². The van der Waals surface area contributed by atoms with Crippen molar-refractivity contribution in [3.63, 3.8) is 0 Å². The average Bonchev–Trinajstić information content (AvgIpc) is 2.50. The number of allylic oxidation sites excluding steroid dienone is 3. The highest BCUT2D eigenvalue weighted by Crippen LogP contribution is 2.35. The summed E-state index contributed by atoms with van der Waals surface area (Å²) in [5.74, 6) is -0.606. The summed E-state index contributed by atoms with van der Waals surface area (Å²) in [4.78, 5) is 23.2. The fraction of sp³-hybridized carbons (Fsp3) is 0.455. The maximum Gasteiger partial charge on any atom is 0.320 e. The zero-order valence-electron chi connectivity index (χ0n) is 8.29. The molecule has 0 amide bonds. The molecule has 1 unspecified atom stereocenters. The lowest BCUT2D eigenvalue weighted by Gasteiger charge is -2.22. The van der Waals surface area contributed by atoms with Crippen molar-refractivity contribution >= 4 is 11.8 Å². The maximum atomic E-state index is 11.6. The normalized spacial score (nSPS) is 25.1. The molecule has 0 bridgehead atoms. The van der Waals surface area contributed by atoms with Crippen molar-refractivity contribution < 1.29 is 14.3 Å². The first-order chi connectivity index (χ1) is 6.67. The van der Waals surface area contributed by atoms with E-state index in [-0.39, 0.29) is 5.78 Å². The molecule has 0 aromatic heterocycles. The molecule has 76 valence electrons. The molecule has 3 nitrogen and oxygen atoms in total. The van der Waals surface area contributed by atoms with Crippen molar-refractivity contribution in [1.82, 2.24) is 0 Å². The molecule has 1 rings (SSSR count). The highest BCUT2D eigenvalue weighted by molar-refractivity contribution is 6.11. The molecule has 3 heteroatoms. The molecule has 1 aliphatic carbocycles. The summed E-state index contributed by atoms with van der Waals surface area (Å²) in [5.41, 5.74) is -1.02. The Hall–Kier alpha value is -1.38. The summed E-state index contributed by atoms with van der Waals surface area (Å²) < 4.78 is 4.90. The molecule has 0 radical (unpaired) electrons. The largest absolute Gasteiger partial charge is 0.465 e. The van der Waals surface area contributed by atoms with E-state index in [0.29, 0.717) is 19.4 Å². The van der Waals surface area contributed by atoms with E-state index in [4.69, 9.17) is 4.74 Å². The van der Waals surface area contributed by atoms with E-state index >= 15 is 0 Å². The fourth-order valence-electron chi connectivity index (χ4n) is 1.59. The van der Waals surface area contributed by atoms with Crippen LogP contribution < -0.4 is 0 Å². The molecule has 0 aliphatic heterocycles. The molecule has 0 fully saturated rings. The number of esters is 1. The lowest BCUT2D eigenvalue weighted by Crippen LogP contribution is -2.36. The van der Waals surface area contributed by atoms with Gasteiger partial charge in [0.05, 0.1) is 6.61 Å². The second-order valence-corrected chi connectivity index (χ2v) is 3.27. The van der Waals surface area contributed by atoms with Gasteiger partial charge >= 0.3 is 5.97 Å². The van der Waals surface area contributed by atoms with Gasteiger partial charge in [0.15, 0.2) is 5.78 Å². The quantitative estimate of drug-likeness (QED) is 0.388. The van der Waals surface area contributed by atoms with E-state index in [1.54, 1.807) is 19.1 Å². The van der Waals surface area contributed by atoms with Gasteiger partial charge in [-0.05, 0) is 25.8 Å². The van der Waals surface area contributed by atoms with Crippen LogP contribution in [0.15, 0.2) is 24.8 Å². The summed E-state index contributed by atoms with van der Waals surface area (Å²) in [6.07, 6.45) is 5.51. The third-order valence-electron chi connectivity index (χ3n) is 2.37. The minimum atomic E-state index is -1.02. The smallest absolute Gasteiger partial charge is 0.320 e. The van der Waals surface area contributed by atoms with Crippen molar-refractivity contribution in [2.45, 2.75) is 19.8 Å². The summed E-state index contributed by atoms with van der Waals surface area (Å²) in [7, 11) is 0. The van der Waals surface area contributed by atoms with Crippen LogP contribution >= 0.6 is 0 Å². The summed E-state index contributed by atoms with van der Waals surface area (Å²) in [6.45, 7) is 5.58. The van der Waals surface area contributed by atoms with Gasteiger partial charge in [-0.15, -0.1) is 6.58 Å². The first kappa shape index (κ1) is 10.7. The van der Waals surface area contributed by atoms with Crippen LogP contribution in [0, 0.1) is 5.41 Å². The number of ether oxygens (including phenoxy) is 1. The van der Waals surface area contributed by atoms with Crippen LogP contribution in [-0.2, 0) is 14.3 Å². The van der Waals surface area contributed by atoms with Gasteiger partial charge in [0.2, 0.25) is 0 Å². The minimum Gasteiger partial charge on any atom is -0.465 e. The average molecular weight is 194 g/mol. The highest BCUT2D eigenvalue weighted by atomic mass is 16.5. The van der Waals surface area contributed by atoms with Gasteiger partial charge in [0, 0.05) is 0 Å². The number of ketones is 1. The zero-order chi connectivity index (χ0) is 10.6. The van der Waals surface area contributed by atoms with Crippen molar-refractivity contribution in [2.24, 2.45) is 5.41 Å². The van der Waals surface area contributed by atoms with Gasteiger partial charge in [-0.1, -0.05) is 12.2 Å². The second-order valence-electron chi connectivity index (χ2n) is 3.27. The minimum absolute atomic E-state index is 0.171. The Morgan fingerprint density at radius 3 is 2.93 bits per heavy atom. The molecule has 1 aliphatic rings. The number of rotatable bonds is 4. The van der Waals surface area contributed by atoms with E-state index in [1.807, 2.05) is 0 Å². The molecular formula is C11H14O3. The predicted octanol–water partition coefficient (Wildman–Crippen LogP) is 1.64. The summed E-state index contributed by atoms with van der Waals surface area (Å²) in [6, 6.07) is 0. The van der Waals surface area contributed by atoms with E-state index in [1.165, 1.54) is 6.08 Å². The van der Waals surface area contributed by atoms with Crippen LogP contribution in [0.1, 0.15) is 19.8 Å². The molecule has 0 aromatic rings. The first-order valence-electron chi connectivity index (χ1n) is 4.66. The topological polar surface area (TPSA) is 43.4 Å². The third-order valence-corrected chi connectivity index (χ3v) is 2.37. The van der Waals surface area contributed by atoms with Gasteiger partial charge in [-0.2, -0.15) is 0 Å². The summed E-state index contributed by atoms with van der Waals surface area (Å²) >= 11 is 0. The Morgan fingerprint density at radius 2 is 2.50 bits per heavy atom. The van der Waals surface area contributed by atoms with Crippen molar-refractivity contribution in [3.8, 4) is 0 Å². The van der Waals surface area contributed by atoms with Crippen LogP contribution in [0.2, 0.25) is 0 Å². The van der Waals surface area contributed by atoms with E-state index in [2.05, 4.69) is 6.58 Å². The highest BCUT2D eigenvalue weighted by Gasteiger charge is 2.46. The van der Waals surface area contributed by atoms with Gasteiger partial charge in [-0.3, -0.25) is 9.59 Å². The van der Waals surface area contributed by atoms with Gasteiger partial charge < -0.3 is 4.74 Å². The Bertz CT molecular complexity index is 291. The SMILES string of the molecule is C=CCC1(C(=O)OCC)CC=CC1=O. The summed E-state index contributed by atoms with van der Waals surface area (Å²) in [5, 5.41) is 0. The Labute approximate surface area is 83.4 Å². The van der Waals surface area contributed by atoms with Crippen LogP contribution in [0.25, 0.3) is 0 Å². The second kappa shape index (κ2) is 4.22. The Kier molecular flexibility index (Phi) is 3.23. The van der Waals surface area contributed by atoms with Gasteiger partial charge in [0.25, 0.3) is 0 Å². The number of carbonyl (C=O) groups is 2. The van der Waals surface area contributed by atoms with E-state index < -0.39 is 11.4 Å². The molecule has 0 saturated heterocycles. The Morgan fingerprint density at radius 1 is 1.79 bits per heavy atom. The molecular weight excluding hydrogens is 180 g/mol. The predicted molar refractivity (Wildman–Crippen MR) is 52.6 cm³/mol. The molecule has 14 heavy (non-hydrogen) atoms. The molecule has 0 saturated carbocycles. The van der Waals surface area contributed by atoms with Crippen molar-refractivity contribution in [3.05, 3.63) is 24.8 Å². The molecule has 0 aromatic carbocycles. The number of hydrogen-bond donors (Lipinski definition) is 0.